The quantitative estimate of drug-likeness (QED) is 0.285. The zero-order chi connectivity index (χ0) is 22.7. The molecule has 2 atom stereocenters. The number of amides is 4. The Morgan fingerprint density at radius 1 is 1.07 bits per heavy atom. The molecule has 1 aromatic carbocycles. The maximum Gasteiger partial charge on any atom is 0.243 e. The molecule has 0 aromatic heterocycles. The molecule has 11 heteroatoms. The van der Waals surface area contributed by atoms with E-state index in [9.17, 15) is 24.0 Å². The Morgan fingerprint density at radius 3 is 2.23 bits per heavy atom. The third kappa shape index (κ3) is 9.28. The first-order valence-corrected chi connectivity index (χ1v) is 9.41. The highest BCUT2D eigenvalue weighted by atomic mass is 35.5. The molecule has 162 valence electrons. The Morgan fingerprint density at radius 2 is 1.70 bits per heavy atom. The predicted molar refractivity (Wildman–Crippen MR) is 110 cm³/mol. The van der Waals surface area contributed by atoms with Gasteiger partial charge >= 0.3 is 0 Å². The van der Waals surface area contributed by atoms with Crippen molar-refractivity contribution in [3.05, 3.63) is 34.9 Å². The third-order valence-electron chi connectivity index (χ3n) is 3.95. The van der Waals surface area contributed by atoms with Crippen LogP contribution in [0, 0.1) is 5.41 Å². The Hall–Kier alpha value is -3.27. The van der Waals surface area contributed by atoms with E-state index in [0.717, 1.165) is 5.56 Å². The van der Waals surface area contributed by atoms with Gasteiger partial charge in [-0.2, -0.15) is 0 Å². The largest absolute Gasteiger partial charge is 0.370 e. The van der Waals surface area contributed by atoms with Gasteiger partial charge in [0.2, 0.25) is 23.6 Å². The summed E-state index contributed by atoms with van der Waals surface area (Å²) in [5.41, 5.74) is 5.87. The molecule has 0 radical (unpaired) electrons. The number of nitrogens with two attached hydrogens (primary N) is 1. The minimum absolute atomic E-state index is 0.0736. The van der Waals surface area contributed by atoms with E-state index >= 15 is 0 Å². The molecule has 6 N–H and O–H groups in total. The highest BCUT2D eigenvalue weighted by Gasteiger charge is 2.27. The van der Waals surface area contributed by atoms with Crippen molar-refractivity contribution >= 4 is 47.2 Å². The van der Waals surface area contributed by atoms with E-state index in [1.165, 1.54) is 6.92 Å². The van der Waals surface area contributed by atoms with Crippen molar-refractivity contribution in [1.29, 1.82) is 5.41 Å². The summed E-state index contributed by atoms with van der Waals surface area (Å²) in [4.78, 5) is 59.0. The fraction of sp³-hybridized carbons (Fsp3) is 0.368. The third-order valence-corrected chi connectivity index (χ3v) is 4.20. The smallest absolute Gasteiger partial charge is 0.243 e. The number of benzene rings is 1. The summed E-state index contributed by atoms with van der Waals surface area (Å²) in [6.07, 6.45) is -0.0547. The molecule has 1 rings (SSSR count). The molecule has 0 aliphatic carbocycles. The van der Waals surface area contributed by atoms with Crippen LogP contribution < -0.4 is 21.7 Å². The molecule has 0 saturated heterocycles. The molecule has 10 nitrogen and oxygen atoms in total. The van der Waals surface area contributed by atoms with Gasteiger partial charge in [-0.25, -0.2) is 0 Å². The maximum atomic E-state index is 12.6. The molecule has 0 aliphatic heterocycles. The van der Waals surface area contributed by atoms with Crippen molar-refractivity contribution in [3.63, 3.8) is 0 Å². The van der Waals surface area contributed by atoms with Crippen molar-refractivity contribution in [1.82, 2.24) is 16.0 Å². The lowest BCUT2D eigenvalue weighted by Gasteiger charge is -2.22. The van der Waals surface area contributed by atoms with E-state index in [1.54, 1.807) is 24.3 Å². The van der Waals surface area contributed by atoms with Gasteiger partial charge < -0.3 is 27.1 Å². The zero-order valence-electron chi connectivity index (χ0n) is 16.4. The average Bonchev–Trinajstić information content (AvgIpc) is 2.68. The van der Waals surface area contributed by atoms with Gasteiger partial charge in [0.1, 0.15) is 12.1 Å². The maximum absolute atomic E-state index is 12.6. The van der Waals surface area contributed by atoms with Crippen LogP contribution in [0.25, 0.3) is 0 Å². The molecule has 0 saturated carbocycles. The van der Waals surface area contributed by atoms with Gasteiger partial charge in [0.25, 0.3) is 0 Å². The van der Waals surface area contributed by atoms with Gasteiger partial charge in [-0.1, -0.05) is 23.7 Å². The molecular formula is C19H24ClN5O5. The summed E-state index contributed by atoms with van der Waals surface area (Å²) < 4.78 is 0. The first kappa shape index (κ1) is 24.8. The van der Waals surface area contributed by atoms with Crippen molar-refractivity contribution in [2.24, 2.45) is 5.73 Å². The van der Waals surface area contributed by atoms with Gasteiger partial charge in [-0.3, -0.25) is 24.0 Å². The molecule has 0 aliphatic rings. The van der Waals surface area contributed by atoms with Crippen LogP contribution in [0.15, 0.2) is 24.3 Å². The number of nitrogens with one attached hydrogen (secondary N) is 4. The van der Waals surface area contributed by atoms with Crippen LogP contribution in [0.3, 0.4) is 0 Å². The number of Topliss-reactive ketones (excluding diaryl/α,β-unsaturated/α-hetero) is 1. The number of carbonyl (C=O) groups is 5. The van der Waals surface area contributed by atoms with E-state index in [1.807, 2.05) is 0 Å². The van der Waals surface area contributed by atoms with Crippen molar-refractivity contribution in [2.45, 2.75) is 44.8 Å². The van der Waals surface area contributed by atoms with Crippen LogP contribution in [-0.4, -0.2) is 47.7 Å². The van der Waals surface area contributed by atoms with Crippen LogP contribution in [-0.2, 0) is 30.5 Å². The number of hydrogen-bond acceptors (Lipinski definition) is 6. The Balaban J connectivity index is 2.86. The molecule has 0 unspecified atom stereocenters. The first-order chi connectivity index (χ1) is 14.1. The fourth-order valence-corrected chi connectivity index (χ4v) is 2.60. The molecule has 1 aromatic rings. The number of carbonyl (C=O) groups excluding carboxylic acids is 5. The number of halogens is 1. The Labute approximate surface area is 178 Å². The van der Waals surface area contributed by atoms with E-state index in [-0.39, 0.29) is 19.4 Å². The van der Waals surface area contributed by atoms with E-state index in [2.05, 4.69) is 16.0 Å². The van der Waals surface area contributed by atoms with Gasteiger partial charge in [0, 0.05) is 24.9 Å². The second-order valence-electron chi connectivity index (χ2n) is 6.48. The number of primary amides is 1. The summed E-state index contributed by atoms with van der Waals surface area (Å²) in [5, 5.41) is 14.9. The minimum atomic E-state index is -1.26. The lowest BCUT2D eigenvalue weighted by Crippen LogP contribution is -2.54. The monoisotopic (exact) mass is 437 g/mol. The lowest BCUT2D eigenvalue weighted by atomic mass is 10.1. The van der Waals surface area contributed by atoms with E-state index < -0.39 is 47.9 Å². The van der Waals surface area contributed by atoms with E-state index in [4.69, 9.17) is 22.7 Å². The summed E-state index contributed by atoms with van der Waals surface area (Å²) in [6.45, 7) is 1.32. The summed E-state index contributed by atoms with van der Waals surface area (Å²) >= 11 is 5.82. The Bertz CT molecular complexity index is 796. The molecule has 0 spiro atoms. The van der Waals surface area contributed by atoms with Crippen LogP contribution >= 0.6 is 11.6 Å². The highest BCUT2D eigenvalue weighted by molar-refractivity contribution is 6.30. The fourth-order valence-electron chi connectivity index (χ4n) is 2.47. The molecule has 4 amide bonds. The van der Waals surface area contributed by atoms with E-state index in [0.29, 0.717) is 11.2 Å². The van der Waals surface area contributed by atoms with Crippen LogP contribution in [0.5, 0.6) is 0 Å². The van der Waals surface area contributed by atoms with Gasteiger partial charge in [0.05, 0.1) is 12.6 Å². The first-order valence-electron chi connectivity index (χ1n) is 9.03. The van der Waals surface area contributed by atoms with Crippen LogP contribution in [0.2, 0.25) is 5.02 Å². The molecule has 30 heavy (non-hydrogen) atoms. The molecular weight excluding hydrogens is 414 g/mol. The van der Waals surface area contributed by atoms with Crippen molar-refractivity contribution in [2.75, 3.05) is 0 Å². The summed E-state index contributed by atoms with van der Waals surface area (Å²) in [5.74, 6) is -3.25. The minimum Gasteiger partial charge on any atom is -0.370 e. The van der Waals surface area contributed by atoms with Crippen LogP contribution in [0.1, 0.15) is 31.7 Å². The average molecular weight is 438 g/mol. The lowest BCUT2D eigenvalue weighted by molar-refractivity contribution is -0.133. The summed E-state index contributed by atoms with van der Waals surface area (Å²) in [6, 6.07) is 4.37. The zero-order valence-corrected chi connectivity index (χ0v) is 17.1. The normalized spacial score (nSPS) is 12.2. The Kier molecular flexibility index (Phi) is 10.2. The topological polar surface area (TPSA) is 171 Å². The molecule has 0 fully saturated rings. The van der Waals surface area contributed by atoms with Crippen molar-refractivity contribution in [3.8, 4) is 0 Å². The number of rotatable bonds is 12. The van der Waals surface area contributed by atoms with Crippen LogP contribution in [0.4, 0.5) is 0 Å². The van der Waals surface area contributed by atoms with Gasteiger partial charge in [-0.05, 0) is 24.1 Å². The van der Waals surface area contributed by atoms with Crippen molar-refractivity contribution < 1.29 is 24.0 Å². The summed E-state index contributed by atoms with van der Waals surface area (Å²) in [7, 11) is 0. The second-order valence-corrected chi connectivity index (χ2v) is 6.91. The second kappa shape index (κ2) is 12.3. The van der Waals surface area contributed by atoms with Gasteiger partial charge in [0.15, 0.2) is 5.78 Å². The standard InChI is InChI=1S/C19H24ClN5O5/c1-11(26)24-16(8-17(22)28)19(30)25-15(7-6-14(27)9-21)18(29)23-10-12-2-4-13(20)5-3-12/h2-5,9,15-16,21H,6-8,10H2,1H3,(H2,22,28)(H,23,29)(H,24,26)(H,25,30)/t15-,16-/m0/s1. The number of hydrogen-bond donors (Lipinski definition) is 5. The highest BCUT2D eigenvalue weighted by Crippen LogP contribution is 2.09. The van der Waals surface area contributed by atoms with Gasteiger partial charge in [-0.15, -0.1) is 0 Å². The molecule has 0 heterocycles. The number of ketones is 1. The molecule has 0 bridgehead atoms. The SMILES string of the molecule is CC(=O)N[C@@H](CC(N)=O)C(=O)N[C@@H](CCC(=O)C=N)C(=O)NCc1ccc(Cl)cc1. The predicted octanol–water partition coefficient (Wildman–Crippen LogP) is -0.180.